The molecule has 0 bridgehead atoms. The number of benzene rings is 2. The van der Waals surface area contributed by atoms with Crippen LogP contribution in [0.1, 0.15) is 36.1 Å². The molecule has 0 radical (unpaired) electrons. The molecular weight excluding hydrogens is 336 g/mol. The molecule has 0 aliphatic heterocycles. The third-order valence-corrected chi connectivity index (χ3v) is 4.19. The second-order valence-electron chi connectivity index (χ2n) is 5.06. The molecule has 21 heavy (non-hydrogen) atoms. The second kappa shape index (κ2) is 7.14. The predicted octanol–water partition coefficient (Wildman–Crippen LogP) is 5.12. The van der Waals surface area contributed by atoms with E-state index < -0.39 is 0 Å². The van der Waals surface area contributed by atoms with Crippen LogP contribution in [0.5, 0.6) is 0 Å². The second-order valence-corrected chi connectivity index (χ2v) is 5.85. The van der Waals surface area contributed by atoms with E-state index >= 15 is 0 Å². The van der Waals surface area contributed by atoms with Crippen molar-refractivity contribution in [3.63, 3.8) is 0 Å². The Hall–Kier alpha value is -1.26. The number of nitrogens with one attached hydrogen (secondary N) is 1. The normalized spacial score (nSPS) is 12.4. The quantitative estimate of drug-likeness (QED) is 0.785. The van der Waals surface area contributed by atoms with Crippen molar-refractivity contribution in [2.45, 2.75) is 26.3 Å². The van der Waals surface area contributed by atoms with Gasteiger partial charge in [0, 0.05) is 5.56 Å². The average molecular weight is 354 g/mol. The summed E-state index contributed by atoms with van der Waals surface area (Å²) in [5.74, 6) is -0.630. The van der Waals surface area contributed by atoms with E-state index in [9.17, 15) is 8.78 Å². The van der Waals surface area contributed by atoms with Crippen molar-refractivity contribution in [2.24, 2.45) is 0 Å². The highest BCUT2D eigenvalue weighted by Crippen LogP contribution is 2.32. The van der Waals surface area contributed by atoms with Crippen LogP contribution in [0.25, 0.3) is 0 Å². The van der Waals surface area contributed by atoms with Gasteiger partial charge in [-0.3, -0.25) is 0 Å². The van der Waals surface area contributed by atoms with E-state index in [1.165, 1.54) is 12.1 Å². The Kier molecular flexibility index (Phi) is 5.48. The van der Waals surface area contributed by atoms with Crippen LogP contribution in [0.15, 0.2) is 40.9 Å². The van der Waals surface area contributed by atoms with Crippen molar-refractivity contribution < 1.29 is 8.78 Å². The predicted molar refractivity (Wildman–Crippen MR) is 85.4 cm³/mol. The minimum absolute atomic E-state index is 0.287. The van der Waals surface area contributed by atoms with Crippen LogP contribution in [0.4, 0.5) is 8.78 Å². The molecule has 1 nitrogen and oxygen atoms in total. The van der Waals surface area contributed by atoms with Crippen LogP contribution in [0.2, 0.25) is 0 Å². The summed E-state index contributed by atoms with van der Waals surface area (Å²) in [6.45, 7) is 4.68. The van der Waals surface area contributed by atoms with Crippen LogP contribution in [0, 0.1) is 18.6 Å². The zero-order chi connectivity index (χ0) is 15.4. The Morgan fingerprint density at radius 2 is 1.86 bits per heavy atom. The van der Waals surface area contributed by atoms with Gasteiger partial charge in [0.05, 0.1) is 10.5 Å². The molecule has 2 aromatic carbocycles. The number of hydrogen-bond acceptors (Lipinski definition) is 1. The Morgan fingerprint density at radius 3 is 2.57 bits per heavy atom. The maximum absolute atomic E-state index is 14.2. The summed E-state index contributed by atoms with van der Waals surface area (Å²) >= 11 is 3.28. The fourth-order valence-electron chi connectivity index (χ4n) is 2.30. The van der Waals surface area contributed by atoms with Gasteiger partial charge >= 0.3 is 0 Å². The van der Waals surface area contributed by atoms with E-state index in [0.29, 0.717) is 15.6 Å². The van der Waals surface area contributed by atoms with E-state index in [1.807, 2.05) is 19.9 Å². The monoisotopic (exact) mass is 353 g/mol. The van der Waals surface area contributed by atoms with Crippen LogP contribution in [-0.2, 0) is 0 Å². The van der Waals surface area contributed by atoms with E-state index in [2.05, 4.69) is 21.2 Å². The Balaban J connectivity index is 2.52. The largest absolute Gasteiger partial charge is 0.306 e. The zero-order valence-corrected chi connectivity index (χ0v) is 13.7. The maximum atomic E-state index is 14.2. The van der Waals surface area contributed by atoms with Gasteiger partial charge in [-0.15, -0.1) is 0 Å². The lowest BCUT2D eigenvalue weighted by Gasteiger charge is -2.22. The lowest BCUT2D eigenvalue weighted by Crippen LogP contribution is -2.24. The number of rotatable bonds is 5. The molecule has 112 valence electrons. The van der Waals surface area contributed by atoms with Crippen LogP contribution < -0.4 is 5.32 Å². The summed E-state index contributed by atoms with van der Waals surface area (Å²) in [6, 6.07) is 9.45. The van der Waals surface area contributed by atoms with Gasteiger partial charge in [0.2, 0.25) is 0 Å². The molecule has 2 rings (SSSR count). The van der Waals surface area contributed by atoms with E-state index in [0.717, 1.165) is 18.5 Å². The molecule has 0 saturated carbocycles. The molecule has 0 spiro atoms. The van der Waals surface area contributed by atoms with E-state index in [1.54, 1.807) is 18.2 Å². The Bertz CT molecular complexity index is 626. The summed E-state index contributed by atoms with van der Waals surface area (Å²) in [4.78, 5) is 0. The van der Waals surface area contributed by atoms with Crippen molar-refractivity contribution in [3.8, 4) is 0 Å². The zero-order valence-electron chi connectivity index (χ0n) is 12.1. The molecule has 0 aliphatic rings. The van der Waals surface area contributed by atoms with Crippen molar-refractivity contribution in [3.05, 3.63) is 69.2 Å². The highest BCUT2D eigenvalue weighted by atomic mass is 79.9. The molecule has 4 heteroatoms. The lowest BCUT2D eigenvalue weighted by atomic mass is 9.96. The van der Waals surface area contributed by atoms with Gasteiger partial charge in [0.1, 0.15) is 11.6 Å². The fourth-order valence-corrected chi connectivity index (χ4v) is 2.80. The summed E-state index contributed by atoms with van der Waals surface area (Å²) in [5, 5.41) is 3.30. The third kappa shape index (κ3) is 3.69. The highest BCUT2D eigenvalue weighted by molar-refractivity contribution is 9.10. The molecular formula is C17H18BrF2N. The summed E-state index contributed by atoms with van der Waals surface area (Å²) < 4.78 is 28.4. The van der Waals surface area contributed by atoms with E-state index in [-0.39, 0.29) is 17.7 Å². The Labute approximate surface area is 132 Å². The Morgan fingerprint density at radius 1 is 1.10 bits per heavy atom. The van der Waals surface area contributed by atoms with Crippen LogP contribution in [-0.4, -0.2) is 6.54 Å². The summed E-state index contributed by atoms with van der Waals surface area (Å²) in [6.07, 6.45) is 0.914. The maximum Gasteiger partial charge on any atom is 0.137 e. The van der Waals surface area contributed by atoms with Gasteiger partial charge in [-0.2, -0.15) is 0 Å². The fraction of sp³-hybridized carbons (Fsp3) is 0.294. The number of hydrogen-bond donors (Lipinski definition) is 1. The first-order valence-corrected chi connectivity index (χ1v) is 7.77. The van der Waals surface area contributed by atoms with E-state index in [4.69, 9.17) is 0 Å². The molecule has 1 N–H and O–H groups in total. The van der Waals surface area contributed by atoms with Gasteiger partial charge in [-0.1, -0.05) is 36.8 Å². The van der Waals surface area contributed by atoms with Gasteiger partial charge in [0.25, 0.3) is 0 Å². The molecule has 1 unspecified atom stereocenters. The minimum Gasteiger partial charge on any atom is -0.306 e. The average Bonchev–Trinajstić information content (AvgIpc) is 2.47. The highest BCUT2D eigenvalue weighted by Gasteiger charge is 2.21. The topological polar surface area (TPSA) is 12.0 Å². The smallest absolute Gasteiger partial charge is 0.137 e. The molecule has 0 fully saturated rings. The van der Waals surface area contributed by atoms with Gasteiger partial charge in [-0.25, -0.2) is 8.78 Å². The molecule has 0 heterocycles. The SMILES string of the molecule is CCCNC(c1cc(C)ccc1F)c1cccc(F)c1Br. The van der Waals surface area contributed by atoms with Crippen LogP contribution in [0.3, 0.4) is 0 Å². The van der Waals surface area contributed by atoms with Gasteiger partial charge in [0.15, 0.2) is 0 Å². The third-order valence-electron chi connectivity index (χ3n) is 3.35. The van der Waals surface area contributed by atoms with Gasteiger partial charge in [-0.05, 0) is 53.5 Å². The molecule has 1 atom stereocenters. The summed E-state index contributed by atoms with van der Waals surface area (Å²) in [7, 11) is 0. The molecule has 0 saturated heterocycles. The molecule has 0 aromatic heterocycles. The molecule has 0 amide bonds. The number of halogens is 3. The minimum atomic E-state index is -0.380. The van der Waals surface area contributed by atoms with Crippen LogP contribution >= 0.6 is 15.9 Å². The lowest BCUT2D eigenvalue weighted by molar-refractivity contribution is 0.540. The van der Waals surface area contributed by atoms with Gasteiger partial charge < -0.3 is 5.32 Å². The number of aryl methyl sites for hydroxylation is 1. The van der Waals surface area contributed by atoms with Crippen molar-refractivity contribution in [1.29, 1.82) is 0 Å². The first-order chi connectivity index (χ1) is 10.0. The first-order valence-electron chi connectivity index (χ1n) is 6.98. The summed E-state index contributed by atoms with van der Waals surface area (Å²) in [5.41, 5.74) is 2.21. The first kappa shape index (κ1) is 16.1. The van der Waals surface area contributed by atoms with Crippen molar-refractivity contribution in [1.82, 2.24) is 5.32 Å². The molecule has 2 aromatic rings. The molecule has 0 aliphatic carbocycles. The van der Waals surface area contributed by atoms with Crippen molar-refractivity contribution >= 4 is 15.9 Å². The van der Waals surface area contributed by atoms with Crippen molar-refractivity contribution in [2.75, 3.05) is 6.54 Å². The standard InChI is InChI=1S/C17H18BrF2N/c1-3-9-21-17(12-5-4-6-15(20)16(12)18)13-10-11(2)7-8-14(13)19/h4-8,10,17,21H,3,9H2,1-2H3.